The van der Waals surface area contributed by atoms with E-state index in [2.05, 4.69) is 0 Å². The number of benzene rings is 3. The quantitative estimate of drug-likeness (QED) is 0.465. The fraction of sp³-hybridized carbons (Fsp3) is 0.174. The van der Waals surface area contributed by atoms with E-state index < -0.39 is 5.24 Å². The Hall–Kier alpha value is -2.78. The fourth-order valence-electron chi connectivity index (χ4n) is 2.89. The van der Waals surface area contributed by atoms with Gasteiger partial charge in [-0.3, -0.25) is 4.79 Å². The van der Waals surface area contributed by atoms with Crippen molar-refractivity contribution in [3.8, 4) is 11.5 Å². The Kier molecular flexibility index (Phi) is 6.15. The topological polar surface area (TPSA) is 35.5 Å². The third kappa shape index (κ3) is 4.89. The maximum absolute atomic E-state index is 11.8. The standard InChI is InChI=1S/C23H21ClO3/c1-16-8-6-7-11-20(16)17(2)27-22-14-19(12-13-21(22)23(24)25)26-15-18-9-4-3-5-10-18/h3-14,17H,15H2,1-2H3. The molecule has 4 heteroatoms. The van der Waals surface area contributed by atoms with Crippen LogP contribution in [0.2, 0.25) is 0 Å². The van der Waals surface area contributed by atoms with E-state index in [4.69, 9.17) is 21.1 Å². The summed E-state index contributed by atoms with van der Waals surface area (Å²) in [6.45, 7) is 4.41. The summed E-state index contributed by atoms with van der Waals surface area (Å²) in [5, 5.41) is -0.559. The third-order valence-electron chi connectivity index (χ3n) is 4.34. The molecule has 0 fully saturated rings. The Morgan fingerprint density at radius 1 is 1.00 bits per heavy atom. The molecule has 0 amide bonds. The molecule has 0 bridgehead atoms. The molecule has 3 aromatic rings. The average Bonchev–Trinajstić information content (AvgIpc) is 2.67. The average molecular weight is 381 g/mol. The SMILES string of the molecule is Cc1ccccc1C(C)Oc1cc(OCc2ccccc2)ccc1C(=O)Cl. The molecule has 0 saturated heterocycles. The zero-order valence-electron chi connectivity index (χ0n) is 15.3. The van der Waals surface area contributed by atoms with Crippen LogP contribution in [0.25, 0.3) is 0 Å². The van der Waals surface area contributed by atoms with Gasteiger partial charge in [0.15, 0.2) is 0 Å². The zero-order chi connectivity index (χ0) is 19.2. The molecule has 138 valence electrons. The Bertz CT molecular complexity index is 922. The second-order valence-electron chi connectivity index (χ2n) is 6.32. The van der Waals surface area contributed by atoms with Crippen molar-refractivity contribution in [3.05, 3.63) is 95.1 Å². The fourth-order valence-corrected chi connectivity index (χ4v) is 3.05. The second-order valence-corrected chi connectivity index (χ2v) is 6.67. The molecule has 0 aromatic heterocycles. The molecule has 0 radical (unpaired) electrons. The van der Waals surface area contributed by atoms with Crippen molar-refractivity contribution in [3.63, 3.8) is 0 Å². The minimum atomic E-state index is -0.559. The molecule has 0 aliphatic heterocycles. The highest BCUT2D eigenvalue weighted by molar-refractivity contribution is 6.68. The van der Waals surface area contributed by atoms with E-state index in [-0.39, 0.29) is 6.10 Å². The molecule has 3 nitrogen and oxygen atoms in total. The number of hydrogen-bond acceptors (Lipinski definition) is 3. The van der Waals surface area contributed by atoms with Gasteiger partial charge in [-0.2, -0.15) is 0 Å². The Morgan fingerprint density at radius 3 is 2.41 bits per heavy atom. The van der Waals surface area contributed by atoms with Crippen molar-refractivity contribution in [2.75, 3.05) is 0 Å². The van der Waals surface area contributed by atoms with Gasteiger partial charge in [-0.05, 0) is 54.3 Å². The van der Waals surface area contributed by atoms with E-state index >= 15 is 0 Å². The van der Waals surface area contributed by atoms with Crippen molar-refractivity contribution >= 4 is 16.8 Å². The summed E-state index contributed by atoms with van der Waals surface area (Å²) in [7, 11) is 0. The minimum Gasteiger partial charge on any atom is -0.489 e. The lowest BCUT2D eigenvalue weighted by Gasteiger charge is -2.19. The maximum atomic E-state index is 11.8. The van der Waals surface area contributed by atoms with E-state index in [1.54, 1.807) is 18.2 Å². The number of ether oxygens (including phenoxy) is 2. The van der Waals surface area contributed by atoms with Crippen LogP contribution in [0, 0.1) is 6.92 Å². The van der Waals surface area contributed by atoms with Gasteiger partial charge in [0.1, 0.15) is 24.2 Å². The molecule has 0 spiro atoms. The van der Waals surface area contributed by atoms with Crippen LogP contribution in [-0.2, 0) is 6.61 Å². The number of rotatable bonds is 7. The first kappa shape index (κ1) is 19.0. The first-order chi connectivity index (χ1) is 13.0. The summed E-state index contributed by atoms with van der Waals surface area (Å²) in [6, 6.07) is 22.9. The number of carbonyl (C=O) groups excluding carboxylic acids is 1. The van der Waals surface area contributed by atoms with Crippen LogP contribution < -0.4 is 9.47 Å². The second kappa shape index (κ2) is 8.74. The summed E-state index contributed by atoms with van der Waals surface area (Å²) >= 11 is 5.73. The summed E-state index contributed by atoms with van der Waals surface area (Å²) in [5.41, 5.74) is 3.57. The van der Waals surface area contributed by atoms with E-state index in [0.29, 0.717) is 23.7 Å². The van der Waals surface area contributed by atoms with Gasteiger partial charge in [0, 0.05) is 6.07 Å². The number of carbonyl (C=O) groups is 1. The first-order valence-corrected chi connectivity index (χ1v) is 9.15. The van der Waals surface area contributed by atoms with Gasteiger partial charge in [0.25, 0.3) is 5.24 Å². The van der Waals surface area contributed by atoms with Crippen LogP contribution in [0.1, 0.15) is 40.1 Å². The summed E-state index contributed by atoms with van der Waals surface area (Å²) in [6.07, 6.45) is -0.231. The van der Waals surface area contributed by atoms with Gasteiger partial charge in [0.05, 0.1) is 5.56 Å². The zero-order valence-corrected chi connectivity index (χ0v) is 16.1. The van der Waals surface area contributed by atoms with Crippen LogP contribution in [0.4, 0.5) is 0 Å². The highest BCUT2D eigenvalue weighted by atomic mass is 35.5. The van der Waals surface area contributed by atoms with Gasteiger partial charge < -0.3 is 9.47 Å². The lowest BCUT2D eigenvalue weighted by Crippen LogP contribution is -2.08. The van der Waals surface area contributed by atoms with Crippen molar-refractivity contribution in [2.24, 2.45) is 0 Å². The molecule has 0 aliphatic carbocycles. The van der Waals surface area contributed by atoms with E-state index in [1.165, 1.54) is 0 Å². The molecule has 27 heavy (non-hydrogen) atoms. The van der Waals surface area contributed by atoms with Gasteiger partial charge in [-0.1, -0.05) is 54.6 Å². The van der Waals surface area contributed by atoms with E-state index in [0.717, 1.165) is 16.7 Å². The molecule has 0 aliphatic rings. The predicted molar refractivity (Wildman–Crippen MR) is 108 cm³/mol. The van der Waals surface area contributed by atoms with E-state index in [1.807, 2.05) is 68.4 Å². The van der Waals surface area contributed by atoms with Crippen molar-refractivity contribution in [1.82, 2.24) is 0 Å². The number of hydrogen-bond donors (Lipinski definition) is 0. The molecule has 0 N–H and O–H groups in total. The smallest absolute Gasteiger partial charge is 0.256 e. The van der Waals surface area contributed by atoms with Crippen LogP contribution in [0.15, 0.2) is 72.8 Å². The highest BCUT2D eigenvalue weighted by Gasteiger charge is 2.16. The molecule has 0 saturated carbocycles. The van der Waals surface area contributed by atoms with Crippen molar-refractivity contribution in [2.45, 2.75) is 26.6 Å². The summed E-state index contributed by atoms with van der Waals surface area (Å²) in [4.78, 5) is 11.8. The van der Waals surface area contributed by atoms with Gasteiger partial charge in [0.2, 0.25) is 0 Å². The Labute approximate surface area is 164 Å². The van der Waals surface area contributed by atoms with Crippen LogP contribution in [-0.4, -0.2) is 5.24 Å². The number of aryl methyl sites for hydroxylation is 1. The van der Waals surface area contributed by atoms with E-state index in [9.17, 15) is 4.79 Å². The van der Waals surface area contributed by atoms with Gasteiger partial charge >= 0.3 is 0 Å². The minimum absolute atomic E-state index is 0.231. The third-order valence-corrected chi connectivity index (χ3v) is 4.55. The molecule has 1 atom stereocenters. The Morgan fingerprint density at radius 2 is 1.70 bits per heavy atom. The van der Waals surface area contributed by atoms with Gasteiger partial charge in [-0.25, -0.2) is 0 Å². The first-order valence-electron chi connectivity index (χ1n) is 8.77. The molecule has 3 aromatic carbocycles. The number of halogens is 1. The van der Waals surface area contributed by atoms with Crippen LogP contribution in [0.5, 0.6) is 11.5 Å². The monoisotopic (exact) mass is 380 g/mol. The summed E-state index contributed by atoms with van der Waals surface area (Å²) in [5.74, 6) is 1.03. The maximum Gasteiger partial charge on any atom is 0.256 e. The largest absolute Gasteiger partial charge is 0.489 e. The summed E-state index contributed by atoms with van der Waals surface area (Å²) < 4.78 is 11.9. The molecule has 1 unspecified atom stereocenters. The molecule has 3 rings (SSSR count). The van der Waals surface area contributed by atoms with Gasteiger partial charge in [-0.15, -0.1) is 0 Å². The van der Waals surface area contributed by atoms with Crippen molar-refractivity contribution < 1.29 is 14.3 Å². The van der Waals surface area contributed by atoms with Crippen molar-refractivity contribution in [1.29, 1.82) is 0 Å². The highest BCUT2D eigenvalue weighted by Crippen LogP contribution is 2.31. The normalized spacial score (nSPS) is 11.7. The molecular weight excluding hydrogens is 360 g/mol. The lowest BCUT2D eigenvalue weighted by molar-refractivity contribution is 0.107. The molecular formula is C23H21ClO3. The van der Waals surface area contributed by atoms with Crippen LogP contribution >= 0.6 is 11.6 Å². The Balaban J connectivity index is 1.81. The lowest BCUT2D eigenvalue weighted by atomic mass is 10.0. The predicted octanol–water partition coefficient (Wildman–Crippen LogP) is 6.09. The molecule has 0 heterocycles. The van der Waals surface area contributed by atoms with Crippen LogP contribution in [0.3, 0.4) is 0 Å².